The van der Waals surface area contributed by atoms with E-state index in [1.54, 1.807) is 6.92 Å². The van der Waals surface area contributed by atoms with E-state index < -0.39 is 47.1 Å². The molecule has 0 bridgehead atoms. The highest BCUT2D eigenvalue weighted by Gasteiger charge is 2.66. The zero-order valence-electron chi connectivity index (χ0n) is 23.7. The predicted molar refractivity (Wildman–Crippen MR) is 143 cm³/mol. The summed E-state index contributed by atoms with van der Waals surface area (Å²) in [5.74, 6) is -2.39. The van der Waals surface area contributed by atoms with E-state index in [2.05, 4.69) is 25.9 Å². The zero-order chi connectivity index (χ0) is 27.7. The molecule has 7 nitrogen and oxygen atoms in total. The number of hydrogen-bond donors (Lipinski definition) is 3. The van der Waals surface area contributed by atoms with E-state index in [4.69, 9.17) is 0 Å². The van der Waals surface area contributed by atoms with Gasteiger partial charge in [0.25, 0.3) is 0 Å². The van der Waals surface area contributed by atoms with Crippen LogP contribution >= 0.6 is 0 Å². The largest absolute Gasteiger partial charge is 0.392 e. The molecular weight excluding hydrogens is 482 g/mol. The van der Waals surface area contributed by atoms with Crippen LogP contribution in [0.5, 0.6) is 0 Å². The summed E-state index contributed by atoms with van der Waals surface area (Å²) in [6, 6.07) is 0.599. The summed E-state index contributed by atoms with van der Waals surface area (Å²) >= 11 is 0. The monoisotopic (exact) mass is 529 g/mol. The summed E-state index contributed by atoms with van der Waals surface area (Å²) in [5.41, 5.74) is -1.49. The van der Waals surface area contributed by atoms with Gasteiger partial charge < -0.3 is 20.2 Å². The molecule has 0 spiro atoms. The highest BCUT2D eigenvalue weighted by Crippen LogP contribution is 2.58. The van der Waals surface area contributed by atoms with Crippen LogP contribution in [-0.2, 0) is 14.4 Å². The van der Waals surface area contributed by atoms with Crippen molar-refractivity contribution in [3.05, 3.63) is 11.1 Å². The number of Topliss-reactive ketones (excluding diaryl/α,β-unsaturated/α-hetero) is 3. The molecule has 4 saturated carbocycles. The highest BCUT2D eigenvalue weighted by molar-refractivity contribution is 6.23. The summed E-state index contributed by atoms with van der Waals surface area (Å²) in [6.07, 6.45) is 5.62. The van der Waals surface area contributed by atoms with Gasteiger partial charge in [-0.1, -0.05) is 18.9 Å². The molecule has 0 radical (unpaired) electrons. The van der Waals surface area contributed by atoms with Crippen LogP contribution in [0.15, 0.2) is 11.1 Å². The standard InChI is InChI=1S/C31H47NO6/c1-6-17-13-22(18-7-9-21(10-8-18)32(4)5)23-14-19-12-20-11-15(2)24(16(3)33)29(36)31(20,38)30(37)25(19)28(35)26(23)27(17)34/h17-23,25-27,30,34,37-38H,6-14H2,1-5H3/t17?,18?,19-,20-,21?,22?,23?,25?,26?,27?,30?,31-/m1/s1. The number of carbonyl (C=O) groups excluding carboxylic acids is 3. The van der Waals surface area contributed by atoms with Crippen molar-refractivity contribution in [2.45, 2.75) is 102 Å². The molecule has 7 unspecified atom stereocenters. The van der Waals surface area contributed by atoms with E-state index in [-0.39, 0.29) is 29.1 Å². The smallest absolute Gasteiger partial charge is 0.200 e. The Morgan fingerprint density at radius 2 is 1.63 bits per heavy atom. The number of fused-ring (bicyclic) bond motifs is 3. The zero-order valence-corrected chi connectivity index (χ0v) is 23.7. The van der Waals surface area contributed by atoms with Crippen LogP contribution in [0.2, 0.25) is 0 Å². The summed E-state index contributed by atoms with van der Waals surface area (Å²) in [6.45, 7) is 5.15. The van der Waals surface area contributed by atoms with Gasteiger partial charge in [0.15, 0.2) is 11.4 Å². The van der Waals surface area contributed by atoms with Crippen molar-refractivity contribution in [1.29, 1.82) is 0 Å². The number of carbonyl (C=O) groups is 3. The van der Waals surface area contributed by atoms with Crippen LogP contribution in [0.25, 0.3) is 0 Å². The van der Waals surface area contributed by atoms with Crippen molar-refractivity contribution in [1.82, 2.24) is 4.90 Å². The first-order valence-electron chi connectivity index (χ1n) is 15.0. The molecule has 5 aliphatic rings. The Hall–Kier alpha value is -1.41. The van der Waals surface area contributed by atoms with E-state index in [1.807, 2.05) is 0 Å². The van der Waals surface area contributed by atoms with Crippen LogP contribution in [-0.4, -0.2) is 75.5 Å². The van der Waals surface area contributed by atoms with Crippen LogP contribution in [0.4, 0.5) is 0 Å². The third-order valence-corrected chi connectivity index (χ3v) is 11.7. The van der Waals surface area contributed by atoms with Gasteiger partial charge in [0.2, 0.25) is 5.78 Å². The first-order valence-corrected chi connectivity index (χ1v) is 15.0. The lowest BCUT2D eigenvalue weighted by Gasteiger charge is -2.58. The van der Waals surface area contributed by atoms with Gasteiger partial charge in [-0.25, -0.2) is 0 Å². The Balaban J connectivity index is 1.46. The molecule has 0 heterocycles. The molecule has 3 N–H and O–H groups in total. The normalized spacial score (nSPS) is 47.4. The van der Waals surface area contributed by atoms with Crippen LogP contribution in [0, 0.1) is 47.3 Å². The Bertz CT molecular complexity index is 1010. The van der Waals surface area contributed by atoms with Gasteiger partial charge in [0, 0.05) is 17.9 Å². The van der Waals surface area contributed by atoms with Crippen molar-refractivity contribution in [2.24, 2.45) is 47.3 Å². The first kappa shape index (κ1) is 28.1. The second-order valence-electron chi connectivity index (χ2n) is 13.7. The third-order valence-electron chi connectivity index (χ3n) is 11.7. The summed E-state index contributed by atoms with van der Waals surface area (Å²) < 4.78 is 0. The van der Waals surface area contributed by atoms with Crippen LogP contribution in [0.3, 0.4) is 0 Å². The van der Waals surface area contributed by atoms with E-state index in [0.29, 0.717) is 36.3 Å². The summed E-state index contributed by atoms with van der Waals surface area (Å²) in [5, 5.41) is 34.7. The highest BCUT2D eigenvalue weighted by atomic mass is 16.4. The number of hydrogen-bond acceptors (Lipinski definition) is 7. The number of rotatable bonds is 4. The van der Waals surface area contributed by atoms with Crippen molar-refractivity contribution >= 4 is 17.3 Å². The minimum atomic E-state index is -2.13. The van der Waals surface area contributed by atoms with E-state index in [1.165, 1.54) is 6.92 Å². The average molecular weight is 530 g/mol. The second-order valence-corrected chi connectivity index (χ2v) is 13.7. The predicted octanol–water partition coefficient (Wildman–Crippen LogP) is 2.94. The molecule has 0 aliphatic heterocycles. The molecule has 0 amide bonds. The van der Waals surface area contributed by atoms with Gasteiger partial charge in [-0.05, 0) is 109 Å². The van der Waals surface area contributed by atoms with Gasteiger partial charge in [0.05, 0.1) is 17.6 Å². The molecule has 5 aliphatic carbocycles. The topological polar surface area (TPSA) is 115 Å². The van der Waals surface area contributed by atoms with E-state index in [0.717, 1.165) is 44.9 Å². The minimum absolute atomic E-state index is 0.0282. The molecule has 38 heavy (non-hydrogen) atoms. The molecule has 4 fully saturated rings. The van der Waals surface area contributed by atoms with E-state index in [9.17, 15) is 29.7 Å². The molecule has 7 heteroatoms. The lowest BCUT2D eigenvalue weighted by Crippen LogP contribution is -2.69. The molecule has 0 saturated heterocycles. The van der Waals surface area contributed by atoms with Gasteiger partial charge in [0.1, 0.15) is 11.9 Å². The fourth-order valence-corrected chi connectivity index (χ4v) is 9.73. The average Bonchev–Trinajstić information content (AvgIpc) is 2.86. The van der Waals surface area contributed by atoms with Gasteiger partial charge in [-0.2, -0.15) is 0 Å². The summed E-state index contributed by atoms with van der Waals surface area (Å²) in [4.78, 5) is 42.2. The Morgan fingerprint density at radius 3 is 2.21 bits per heavy atom. The number of allylic oxidation sites excluding steroid dienone is 1. The Labute approximate surface area is 227 Å². The SMILES string of the molecule is CCC1CC(C2CCC(N(C)C)CC2)C2C[C@H]3C[C@H]4CC(C)=C(C(C)=O)C(=O)[C@@]4(O)C(O)C3C(=O)C2C1O. The maximum absolute atomic E-state index is 14.2. The molecule has 5 rings (SSSR count). The molecule has 0 aromatic heterocycles. The fraction of sp³-hybridized carbons (Fsp3) is 0.839. The van der Waals surface area contributed by atoms with Gasteiger partial charge in [-0.3, -0.25) is 14.4 Å². The molecule has 0 aromatic rings. The maximum atomic E-state index is 14.2. The Morgan fingerprint density at radius 1 is 0.974 bits per heavy atom. The van der Waals surface area contributed by atoms with Gasteiger partial charge >= 0.3 is 0 Å². The van der Waals surface area contributed by atoms with Crippen LogP contribution < -0.4 is 0 Å². The quantitative estimate of drug-likeness (QED) is 0.480. The van der Waals surface area contributed by atoms with Crippen molar-refractivity contribution in [3.63, 3.8) is 0 Å². The first-order chi connectivity index (χ1) is 17.9. The van der Waals surface area contributed by atoms with E-state index >= 15 is 0 Å². The summed E-state index contributed by atoms with van der Waals surface area (Å²) in [7, 11) is 4.29. The second kappa shape index (κ2) is 10.2. The molecule has 0 aromatic carbocycles. The van der Waals surface area contributed by atoms with Gasteiger partial charge in [-0.15, -0.1) is 0 Å². The van der Waals surface area contributed by atoms with Crippen molar-refractivity contribution in [2.75, 3.05) is 14.1 Å². The lowest BCUT2D eigenvalue weighted by atomic mass is 9.47. The third kappa shape index (κ3) is 4.18. The number of aliphatic hydroxyl groups is 3. The van der Waals surface area contributed by atoms with Crippen molar-refractivity contribution in [3.8, 4) is 0 Å². The maximum Gasteiger partial charge on any atom is 0.200 e. The Kier molecular flexibility index (Phi) is 7.56. The molecule has 10 atom stereocenters. The number of ketones is 3. The molecule has 212 valence electrons. The number of aliphatic hydroxyl groups excluding tert-OH is 2. The minimum Gasteiger partial charge on any atom is -0.392 e. The molecular formula is C31H47NO6. The fourth-order valence-electron chi connectivity index (χ4n) is 9.73. The lowest BCUT2D eigenvalue weighted by molar-refractivity contribution is -0.203. The van der Waals surface area contributed by atoms with Crippen LogP contribution in [0.1, 0.15) is 78.6 Å². The van der Waals surface area contributed by atoms with Crippen molar-refractivity contribution < 1.29 is 29.7 Å². The number of nitrogens with zero attached hydrogens (tertiary/aromatic N) is 1.